The van der Waals surface area contributed by atoms with Crippen LogP contribution < -0.4 is 0 Å². The van der Waals surface area contributed by atoms with Gasteiger partial charge in [0.15, 0.2) is 5.65 Å². The summed E-state index contributed by atoms with van der Waals surface area (Å²) in [5, 5.41) is 5.61. The molecular formula is C21H21N5. The van der Waals surface area contributed by atoms with Gasteiger partial charge in [-0.05, 0) is 32.4 Å². The van der Waals surface area contributed by atoms with Crippen LogP contribution in [0.15, 0.2) is 50.0 Å². The van der Waals surface area contributed by atoms with Crippen LogP contribution in [0, 0.1) is 13.8 Å². The maximum atomic E-state index is 4.83. The van der Waals surface area contributed by atoms with E-state index in [2.05, 4.69) is 40.1 Å². The molecule has 0 N–H and O–H groups in total. The van der Waals surface area contributed by atoms with Crippen molar-refractivity contribution in [3.63, 3.8) is 0 Å². The molecule has 0 spiro atoms. The van der Waals surface area contributed by atoms with Gasteiger partial charge in [0.2, 0.25) is 0 Å². The van der Waals surface area contributed by atoms with Gasteiger partial charge < -0.3 is 4.57 Å². The van der Waals surface area contributed by atoms with Gasteiger partial charge in [-0.3, -0.25) is 4.98 Å². The van der Waals surface area contributed by atoms with Gasteiger partial charge in [0.1, 0.15) is 0 Å². The number of rotatable bonds is 4. The second kappa shape index (κ2) is 5.95. The first-order valence-electron chi connectivity index (χ1n) is 8.57. The molecule has 0 aromatic carbocycles. The van der Waals surface area contributed by atoms with E-state index in [1.54, 1.807) is 4.52 Å². The normalized spacial score (nSPS) is 11.3. The Hall–Kier alpha value is -3.21. The average Bonchev–Trinajstić information content (AvgIpc) is 3.14. The van der Waals surface area contributed by atoms with E-state index in [0.29, 0.717) is 0 Å². The van der Waals surface area contributed by atoms with Gasteiger partial charge in [0, 0.05) is 47.7 Å². The molecule has 4 heterocycles. The maximum Gasteiger partial charge on any atom is 0.155 e. The van der Waals surface area contributed by atoms with Gasteiger partial charge in [-0.15, -0.1) is 6.58 Å². The molecule has 4 aromatic rings. The lowest BCUT2D eigenvalue weighted by Crippen LogP contribution is -1.98. The summed E-state index contributed by atoms with van der Waals surface area (Å²) in [5.41, 5.74) is 7.87. The van der Waals surface area contributed by atoms with Gasteiger partial charge in [-0.1, -0.05) is 12.7 Å². The molecule has 5 nitrogen and oxygen atoms in total. The van der Waals surface area contributed by atoms with E-state index in [0.717, 1.165) is 56.9 Å². The van der Waals surface area contributed by atoms with Gasteiger partial charge >= 0.3 is 0 Å². The van der Waals surface area contributed by atoms with Crippen LogP contribution in [0.4, 0.5) is 0 Å². The molecule has 0 fully saturated rings. The number of hydrogen-bond donors (Lipinski definition) is 0. The minimum Gasteiger partial charge on any atom is -0.342 e. The van der Waals surface area contributed by atoms with Crippen LogP contribution in [0.5, 0.6) is 0 Å². The highest BCUT2D eigenvalue weighted by molar-refractivity contribution is 5.95. The van der Waals surface area contributed by atoms with E-state index in [4.69, 9.17) is 4.98 Å². The van der Waals surface area contributed by atoms with E-state index in [-0.39, 0.29) is 0 Å². The highest BCUT2D eigenvalue weighted by Gasteiger charge is 2.15. The Morgan fingerprint density at radius 3 is 2.77 bits per heavy atom. The zero-order chi connectivity index (χ0) is 18.4. The SMILES string of the molecule is C=CCn1cc(C(=C)C)c2cc(-c3cnc4cc(C)nn4c3)nc(C)c21. The number of nitrogens with zero attached hydrogens (tertiary/aromatic N) is 5. The summed E-state index contributed by atoms with van der Waals surface area (Å²) < 4.78 is 3.98. The van der Waals surface area contributed by atoms with E-state index >= 15 is 0 Å². The summed E-state index contributed by atoms with van der Waals surface area (Å²) >= 11 is 0. The third-order valence-corrected chi connectivity index (χ3v) is 4.55. The summed E-state index contributed by atoms with van der Waals surface area (Å²) in [7, 11) is 0. The first-order valence-corrected chi connectivity index (χ1v) is 8.57. The highest BCUT2D eigenvalue weighted by atomic mass is 15.2. The first kappa shape index (κ1) is 16.3. The number of hydrogen-bond acceptors (Lipinski definition) is 3. The van der Waals surface area contributed by atoms with Gasteiger partial charge in [-0.25, -0.2) is 9.50 Å². The van der Waals surface area contributed by atoms with Crippen LogP contribution in [0.1, 0.15) is 23.9 Å². The molecule has 0 radical (unpaired) electrons. The highest BCUT2D eigenvalue weighted by Crippen LogP contribution is 2.31. The number of aryl methyl sites for hydroxylation is 2. The Balaban J connectivity index is 1.96. The Kier molecular flexibility index (Phi) is 3.72. The quantitative estimate of drug-likeness (QED) is 0.510. The van der Waals surface area contributed by atoms with Crippen LogP contribution in [0.2, 0.25) is 0 Å². The number of fused-ring (bicyclic) bond motifs is 2. The molecule has 130 valence electrons. The Morgan fingerprint density at radius 1 is 1.23 bits per heavy atom. The largest absolute Gasteiger partial charge is 0.342 e. The Bertz CT molecular complexity index is 1180. The second-order valence-electron chi connectivity index (χ2n) is 6.68. The summed E-state index contributed by atoms with van der Waals surface area (Å²) in [6, 6.07) is 4.07. The van der Waals surface area contributed by atoms with Crippen molar-refractivity contribution in [3.8, 4) is 11.3 Å². The molecule has 0 amide bonds. The lowest BCUT2D eigenvalue weighted by atomic mass is 10.1. The maximum absolute atomic E-state index is 4.83. The van der Waals surface area contributed by atoms with Crippen LogP contribution >= 0.6 is 0 Å². The van der Waals surface area contributed by atoms with Crippen molar-refractivity contribution in [2.24, 2.45) is 0 Å². The van der Waals surface area contributed by atoms with E-state index in [9.17, 15) is 0 Å². The molecule has 26 heavy (non-hydrogen) atoms. The lowest BCUT2D eigenvalue weighted by molar-refractivity contribution is 0.857. The number of aromatic nitrogens is 5. The number of pyridine rings is 1. The van der Waals surface area contributed by atoms with Crippen LogP contribution in [0.25, 0.3) is 33.4 Å². The van der Waals surface area contributed by atoms with E-state index in [1.807, 2.05) is 45.3 Å². The van der Waals surface area contributed by atoms with Crippen LogP contribution in [-0.2, 0) is 6.54 Å². The summed E-state index contributed by atoms with van der Waals surface area (Å²) in [6.45, 7) is 14.8. The molecule has 4 rings (SSSR count). The molecular weight excluding hydrogens is 322 g/mol. The molecule has 4 aromatic heterocycles. The van der Waals surface area contributed by atoms with Crippen molar-refractivity contribution in [1.29, 1.82) is 0 Å². The molecule has 5 heteroatoms. The predicted octanol–water partition coefficient (Wildman–Crippen LogP) is 4.58. The fourth-order valence-electron chi connectivity index (χ4n) is 3.42. The third kappa shape index (κ3) is 2.52. The second-order valence-corrected chi connectivity index (χ2v) is 6.68. The van der Waals surface area contributed by atoms with Crippen molar-refractivity contribution in [2.45, 2.75) is 27.3 Å². The van der Waals surface area contributed by atoms with Gasteiger partial charge in [-0.2, -0.15) is 5.10 Å². The molecule has 0 bridgehead atoms. The van der Waals surface area contributed by atoms with Gasteiger partial charge in [0.25, 0.3) is 0 Å². The van der Waals surface area contributed by atoms with E-state index < -0.39 is 0 Å². The summed E-state index contributed by atoms with van der Waals surface area (Å²) in [4.78, 5) is 9.34. The molecule has 0 aliphatic heterocycles. The fraction of sp³-hybridized carbons (Fsp3) is 0.190. The monoisotopic (exact) mass is 343 g/mol. The molecule has 0 atom stereocenters. The van der Waals surface area contributed by atoms with E-state index in [1.165, 1.54) is 0 Å². The predicted molar refractivity (Wildman–Crippen MR) is 106 cm³/mol. The first-order chi connectivity index (χ1) is 12.5. The topological polar surface area (TPSA) is 48.0 Å². The minimum absolute atomic E-state index is 0.742. The van der Waals surface area contributed by atoms with Crippen molar-refractivity contribution in [1.82, 2.24) is 24.1 Å². The zero-order valence-electron chi connectivity index (χ0n) is 15.3. The van der Waals surface area contributed by atoms with Crippen LogP contribution in [-0.4, -0.2) is 24.1 Å². The van der Waals surface area contributed by atoms with Crippen molar-refractivity contribution >= 4 is 22.1 Å². The smallest absolute Gasteiger partial charge is 0.155 e. The number of allylic oxidation sites excluding steroid dienone is 2. The van der Waals surface area contributed by atoms with Crippen LogP contribution in [0.3, 0.4) is 0 Å². The zero-order valence-corrected chi connectivity index (χ0v) is 15.3. The molecule has 0 saturated heterocycles. The molecule has 0 unspecified atom stereocenters. The summed E-state index contributed by atoms with van der Waals surface area (Å²) in [6.07, 6.45) is 7.85. The lowest BCUT2D eigenvalue weighted by Gasteiger charge is -2.08. The van der Waals surface area contributed by atoms with Crippen molar-refractivity contribution in [3.05, 3.63) is 66.9 Å². The third-order valence-electron chi connectivity index (χ3n) is 4.55. The fourth-order valence-corrected chi connectivity index (χ4v) is 3.42. The molecule has 0 aliphatic carbocycles. The average molecular weight is 343 g/mol. The molecule has 0 aliphatic rings. The summed E-state index contributed by atoms with van der Waals surface area (Å²) in [5.74, 6) is 0. The van der Waals surface area contributed by atoms with Crippen molar-refractivity contribution in [2.75, 3.05) is 0 Å². The van der Waals surface area contributed by atoms with Gasteiger partial charge in [0.05, 0.1) is 22.6 Å². The Morgan fingerprint density at radius 2 is 2.04 bits per heavy atom. The standard InChI is InChI=1S/C21H21N5/c1-6-7-25-12-18(13(2)3)17-9-19(23-15(5)21(17)25)16-10-22-20-8-14(4)24-26(20)11-16/h6,8-12H,1-2,7H2,3-5H3. The molecule has 0 saturated carbocycles. The van der Waals surface area contributed by atoms with Crippen molar-refractivity contribution < 1.29 is 0 Å². The minimum atomic E-state index is 0.742. The Labute approximate surface area is 152 Å².